The minimum Gasteiger partial charge on any atom is -0.484 e. The average molecular weight is 363 g/mol. The van der Waals surface area contributed by atoms with Crippen LogP contribution >= 0.6 is 0 Å². The highest BCUT2D eigenvalue weighted by molar-refractivity contribution is 5.96. The lowest BCUT2D eigenvalue weighted by atomic mass is 10.1. The lowest BCUT2D eigenvalue weighted by molar-refractivity contribution is -0.118. The van der Waals surface area contributed by atoms with Gasteiger partial charge >= 0.3 is 5.97 Å². The number of esters is 1. The number of methoxy groups -OCH3 is 2. The van der Waals surface area contributed by atoms with Crippen molar-refractivity contribution in [1.29, 1.82) is 0 Å². The summed E-state index contributed by atoms with van der Waals surface area (Å²) >= 11 is 0. The summed E-state index contributed by atoms with van der Waals surface area (Å²) in [5, 5.41) is 12.4. The van der Waals surface area contributed by atoms with Crippen molar-refractivity contribution < 1.29 is 33.3 Å². The lowest BCUT2D eigenvalue weighted by Crippen LogP contribution is -2.22. The zero-order chi connectivity index (χ0) is 19.1. The number of nitrogens with one attached hydrogen (secondary N) is 1. The quantitative estimate of drug-likeness (QED) is 0.579. The summed E-state index contributed by atoms with van der Waals surface area (Å²) in [7, 11) is 2.52. The summed E-state index contributed by atoms with van der Waals surface area (Å²) in [5.41, 5.74) is 0.625. The molecule has 26 heavy (non-hydrogen) atoms. The van der Waals surface area contributed by atoms with Crippen LogP contribution in [0.5, 0.6) is 5.75 Å². The molecular weight excluding hydrogens is 345 g/mol. The number of carbonyl (C=O) groups is 2. The third-order valence-corrected chi connectivity index (χ3v) is 3.42. The molecule has 2 aromatic carbocycles. The SMILES string of the molecule is COC(=O)c1ccc([C@H](O)OC)c(NC(=O)COc2ccc(F)cc2)c1. The number of amides is 1. The Balaban J connectivity index is 2.12. The summed E-state index contributed by atoms with van der Waals surface area (Å²) in [6.07, 6.45) is -1.30. The second kappa shape index (κ2) is 8.93. The van der Waals surface area contributed by atoms with Gasteiger partial charge in [0.1, 0.15) is 11.6 Å². The Hall–Kier alpha value is -2.97. The van der Waals surface area contributed by atoms with Crippen LogP contribution in [0.25, 0.3) is 0 Å². The van der Waals surface area contributed by atoms with Crippen LogP contribution in [-0.4, -0.2) is 37.8 Å². The molecule has 0 unspecified atom stereocenters. The van der Waals surface area contributed by atoms with Crippen LogP contribution < -0.4 is 10.1 Å². The van der Waals surface area contributed by atoms with Crippen LogP contribution in [0, 0.1) is 5.82 Å². The summed E-state index contributed by atoms with van der Waals surface area (Å²) in [6, 6.07) is 9.44. The maximum atomic E-state index is 12.9. The molecule has 0 aliphatic heterocycles. The Morgan fingerprint density at radius 1 is 1.15 bits per heavy atom. The van der Waals surface area contributed by atoms with Crippen molar-refractivity contribution in [3.8, 4) is 5.75 Å². The average Bonchev–Trinajstić information content (AvgIpc) is 2.66. The van der Waals surface area contributed by atoms with Gasteiger partial charge in [0.05, 0.1) is 12.7 Å². The molecule has 0 aliphatic carbocycles. The van der Waals surface area contributed by atoms with E-state index in [1.165, 1.54) is 56.7 Å². The van der Waals surface area contributed by atoms with E-state index in [9.17, 15) is 19.1 Å². The Kier molecular flexibility index (Phi) is 6.65. The first-order chi connectivity index (χ1) is 12.4. The largest absolute Gasteiger partial charge is 0.484 e. The maximum Gasteiger partial charge on any atom is 0.337 e. The molecule has 0 radical (unpaired) electrons. The van der Waals surface area contributed by atoms with Crippen molar-refractivity contribution in [2.24, 2.45) is 0 Å². The van der Waals surface area contributed by atoms with Crippen LogP contribution in [0.15, 0.2) is 42.5 Å². The Labute approximate surface area is 149 Å². The fraction of sp³-hybridized carbons (Fsp3) is 0.222. The van der Waals surface area contributed by atoms with Gasteiger partial charge in [0.25, 0.3) is 5.91 Å². The van der Waals surface area contributed by atoms with Crippen molar-refractivity contribution in [1.82, 2.24) is 0 Å². The van der Waals surface area contributed by atoms with Crippen molar-refractivity contribution >= 4 is 17.6 Å². The second-order valence-corrected chi connectivity index (χ2v) is 5.17. The van der Waals surface area contributed by atoms with E-state index in [-0.39, 0.29) is 23.4 Å². The molecule has 0 saturated heterocycles. The van der Waals surface area contributed by atoms with E-state index in [4.69, 9.17) is 9.47 Å². The highest BCUT2D eigenvalue weighted by Crippen LogP contribution is 2.25. The molecule has 0 heterocycles. The zero-order valence-electron chi connectivity index (χ0n) is 14.2. The van der Waals surface area contributed by atoms with Gasteiger partial charge in [-0.2, -0.15) is 0 Å². The molecule has 0 aliphatic rings. The predicted octanol–water partition coefficient (Wildman–Crippen LogP) is 2.27. The number of carbonyl (C=O) groups excluding carboxylic acids is 2. The summed E-state index contributed by atoms with van der Waals surface area (Å²) < 4.78 is 27.6. The van der Waals surface area contributed by atoms with Gasteiger partial charge in [-0.1, -0.05) is 6.07 Å². The number of anilines is 1. The molecule has 2 rings (SSSR count). The van der Waals surface area contributed by atoms with E-state index < -0.39 is 24.0 Å². The third-order valence-electron chi connectivity index (χ3n) is 3.42. The molecule has 0 spiro atoms. The van der Waals surface area contributed by atoms with Crippen molar-refractivity contribution in [3.63, 3.8) is 0 Å². The van der Waals surface area contributed by atoms with Crippen LogP contribution in [0.4, 0.5) is 10.1 Å². The highest BCUT2D eigenvalue weighted by Gasteiger charge is 2.17. The van der Waals surface area contributed by atoms with E-state index in [0.29, 0.717) is 5.75 Å². The van der Waals surface area contributed by atoms with Gasteiger partial charge in [-0.15, -0.1) is 0 Å². The number of hydrogen-bond acceptors (Lipinski definition) is 6. The second-order valence-electron chi connectivity index (χ2n) is 5.17. The molecule has 8 heteroatoms. The molecule has 0 aromatic heterocycles. The normalized spacial score (nSPS) is 11.5. The predicted molar refractivity (Wildman–Crippen MR) is 90.3 cm³/mol. The van der Waals surface area contributed by atoms with Crippen molar-refractivity contribution in [2.75, 3.05) is 26.1 Å². The topological polar surface area (TPSA) is 94.1 Å². The summed E-state index contributed by atoms with van der Waals surface area (Å²) in [6.45, 7) is -0.351. The van der Waals surface area contributed by atoms with Crippen LogP contribution in [0.2, 0.25) is 0 Å². The molecular formula is C18H18FNO6. The van der Waals surface area contributed by atoms with Gasteiger partial charge in [-0.05, 0) is 36.4 Å². The van der Waals surface area contributed by atoms with Gasteiger partial charge in [-0.3, -0.25) is 4.79 Å². The molecule has 1 amide bonds. The van der Waals surface area contributed by atoms with Gasteiger partial charge in [0.2, 0.25) is 0 Å². The number of aliphatic hydroxyl groups is 1. The first kappa shape index (κ1) is 19.4. The number of aliphatic hydroxyl groups excluding tert-OH is 1. The van der Waals surface area contributed by atoms with Gasteiger partial charge < -0.3 is 24.6 Å². The number of hydrogen-bond donors (Lipinski definition) is 2. The van der Waals surface area contributed by atoms with Crippen molar-refractivity contribution in [2.45, 2.75) is 6.29 Å². The van der Waals surface area contributed by atoms with Crippen LogP contribution in [0.3, 0.4) is 0 Å². The fourth-order valence-corrected chi connectivity index (χ4v) is 2.12. The lowest BCUT2D eigenvalue weighted by Gasteiger charge is -2.16. The number of halogens is 1. The molecule has 0 bridgehead atoms. The van der Waals surface area contributed by atoms with Gasteiger partial charge in [0, 0.05) is 18.4 Å². The highest BCUT2D eigenvalue weighted by atomic mass is 19.1. The van der Waals surface area contributed by atoms with Crippen LogP contribution in [0.1, 0.15) is 22.2 Å². The molecule has 1 atom stereocenters. The van der Waals surface area contributed by atoms with Gasteiger partial charge in [-0.25, -0.2) is 9.18 Å². The maximum absolute atomic E-state index is 12.9. The fourth-order valence-electron chi connectivity index (χ4n) is 2.12. The van der Waals surface area contributed by atoms with E-state index >= 15 is 0 Å². The Bertz CT molecular complexity index is 778. The molecule has 2 aromatic rings. The molecule has 0 fully saturated rings. The molecule has 7 nitrogen and oxygen atoms in total. The minimum absolute atomic E-state index is 0.176. The standard InChI is InChI=1S/C18H18FNO6/c1-24-17(22)11-3-8-14(18(23)25-2)15(9-11)20-16(21)10-26-13-6-4-12(19)5-7-13/h3-9,18,23H,10H2,1-2H3,(H,20,21)/t18-/m1/s1. The summed E-state index contributed by atoms with van der Waals surface area (Å²) in [4.78, 5) is 23.8. The number of rotatable bonds is 7. The zero-order valence-corrected chi connectivity index (χ0v) is 14.2. The first-order valence-electron chi connectivity index (χ1n) is 7.56. The smallest absolute Gasteiger partial charge is 0.337 e. The Morgan fingerprint density at radius 2 is 1.85 bits per heavy atom. The third kappa shape index (κ3) is 5.01. The Morgan fingerprint density at radius 3 is 2.46 bits per heavy atom. The van der Waals surface area contributed by atoms with E-state index in [1.54, 1.807) is 0 Å². The monoisotopic (exact) mass is 363 g/mol. The van der Waals surface area contributed by atoms with E-state index in [1.807, 2.05) is 0 Å². The molecule has 2 N–H and O–H groups in total. The minimum atomic E-state index is -1.30. The number of benzene rings is 2. The molecule has 0 saturated carbocycles. The van der Waals surface area contributed by atoms with E-state index in [2.05, 4.69) is 10.1 Å². The molecule has 138 valence electrons. The summed E-state index contributed by atoms with van der Waals surface area (Å²) in [5.74, 6) is -1.23. The first-order valence-corrected chi connectivity index (χ1v) is 7.56. The van der Waals surface area contributed by atoms with E-state index in [0.717, 1.165) is 0 Å². The van der Waals surface area contributed by atoms with Crippen molar-refractivity contribution in [3.05, 3.63) is 59.4 Å². The van der Waals surface area contributed by atoms with Crippen LogP contribution in [-0.2, 0) is 14.3 Å². The number of ether oxygens (including phenoxy) is 3. The van der Waals surface area contributed by atoms with Gasteiger partial charge in [0.15, 0.2) is 12.9 Å².